The molecular weight excluding hydrogens is 215 g/mol. The summed E-state index contributed by atoms with van der Waals surface area (Å²) in [6, 6.07) is 0. The molecule has 0 aliphatic carbocycles. The first-order valence-corrected chi connectivity index (χ1v) is 7.92. The minimum Gasteiger partial charge on any atom is -0.320 e. The molecule has 0 rings (SSSR count). The highest BCUT2D eigenvalue weighted by Crippen LogP contribution is 2.32. The summed E-state index contributed by atoms with van der Waals surface area (Å²) in [5, 5.41) is 0. The molecule has 0 bridgehead atoms. The molecule has 0 saturated heterocycles. The lowest BCUT2D eigenvalue weighted by atomic mass is 9.99. The van der Waals surface area contributed by atoms with E-state index >= 15 is 0 Å². The topological polar surface area (TPSA) is 26.3 Å². The molecule has 0 radical (unpaired) electrons. The molecular formula is C10H23O2PS. The summed E-state index contributed by atoms with van der Waals surface area (Å²) in [6.07, 6.45) is 3.22. The summed E-state index contributed by atoms with van der Waals surface area (Å²) in [6.45, 7) is 8.69. The zero-order valence-electron chi connectivity index (χ0n) is 9.62. The van der Waals surface area contributed by atoms with E-state index in [2.05, 4.69) is 39.9 Å². The van der Waals surface area contributed by atoms with Gasteiger partial charge in [-0.2, -0.15) is 0 Å². The van der Waals surface area contributed by atoms with E-state index in [-0.39, 0.29) is 6.10 Å². The number of hydrogen-bond acceptors (Lipinski definition) is 2. The van der Waals surface area contributed by atoms with Gasteiger partial charge in [0.05, 0.1) is 6.10 Å². The number of rotatable bonds is 7. The first-order chi connectivity index (χ1) is 6.41. The van der Waals surface area contributed by atoms with Crippen molar-refractivity contribution in [2.75, 3.05) is 0 Å². The molecule has 0 amide bonds. The summed E-state index contributed by atoms with van der Waals surface area (Å²) in [5.74, 6) is 1.26. The van der Waals surface area contributed by atoms with Crippen LogP contribution < -0.4 is 0 Å². The van der Waals surface area contributed by atoms with Gasteiger partial charge in [-0.25, -0.2) is 0 Å². The SMILES string of the molecule is CC(C)CCC(CC(C)C)O[PH](=O)S. The average molecular weight is 238 g/mol. The van der Waals surface area contributed by atoms with E-state index in [1.165, 1.54) is 0 Å². The minimum atomic E-state index is -2.08. The highest BCUT2D eigenvalue weighted by molar-refractivity contribution is 8.39. The van der Waals surface area contributed by atoms with Crippen molar-refractivity contribution in [1.82, 2.24) is 0 Å². The Morgan fingerprint density at radius 2 is 1.71 bits per heavy atom. The zero-order chi connectivity index (χ0) is 11.1. The van der Waals surface area contributed by atoms with Gasteiger partial charge in [0.25, 0.3) is 0 Å². The Kier molecular flexibility index (Phi) is 8.08. The summed E-state index contributed by atoms with van der Waals surface area (Å²) in [7, 11) is -2.08. The van der Waals surface area contributed by atoms with Crippen LogP contribution in [0.3, 0.4) is 0 Å². The van der Waals surface area contributed by atoms with Crippen molar-refractivity contribution in [3.05, 3.63) is 0 Å². The van der Waals surface area contributed by atoms with Crippen LogP contribution in [0.1, 0.15) is 47.0 Å². The fourth-order valence-corrected chi connectivity index (χ4v) is 2.36. The molecule has 14 heavy (non-hydrogen) atoms. The second-order valence-electron chi connectivity index (χ2n) is 4.61. The normalized spacial score (nSPS) is 16.2. The molecule has 0 aliphatic heterocycles. The molecule has 2 unspecified atom stereocenters. The van der Waals surface area contributed by atoms with Crippen molar-refractivity contribution in [2.45, 2.75) is 53.1 Å². The van der Waals surface area contributed by atoms with Gasteiger partial charge in [-0.1, -0.05) is 39.9 Å². The molecule has 0 spiro atoms. The molecule has 0 aromatic heterocycles. The van der Waals surface area contributed by atoms with E-state index < -0.39 is 7.23 Å². The Labute approximate surface area is 93.8 Å². The van der Waals surface area contributed by atoms with Crippen LogP contribution >= 0.6 is 19.5 Å². The maximum Gasteiger partial charge on any atom is 0.243 e. The van der Waals surface area contributed by atoms with Crippen LogP contribution in [-0.4, -0.2) is 6.10 Å². The molecule has 2 atom stereocenters. The van der Waals surface area contributed by atoms with Gasteiger partial charge in [-0.05, 0) is 31.1 Å². The highest BCUT2D eigenvalue weighted by atomic mass is 32.7. The number of hydrogen-bond donors (Lipinski definition) is 1. The smallest absolute Gasteiger partial charge is 0.243 e. The number of thiol groups is 1. The van der Waals surface area contributed by atoms with Gasteiger partial charge in [0, 0.05) is 0 Å². The molecule has 0 aromatic carbocycles. The predicted molar refractivity (Wildman–Crippen MR) is 66.4 cm³/mol. The molecule has 86 valence electrons. The van der Waals surface area contributed by atoms with Crippen LogP contribution in [0.4, 0.5) is 0 Å². The van der Waals surface area contributed by atoms with Crippen molar-refractivity contribution >= 4 is 19.5 Å². The third-order valence-electron chi connectivity index (χ3n) is 2.07. The van der Waals surface area contributed by atoms with Gasteiger partial charge >= 0.3 is 0 Å². The van der Waals surface area contributed by atoms with E-state index in [0.29, 0.717) is 11.8 Å². The van der Waals surface area contributed by atoms with Crippen LogP contribution in [0.2, 0.25) is 0 Å². The van der Waals surface area contributed by atoms with Crippen LogP contribution in [0.15, 0.2) is 0 Å². The molecule has 0 aliphatic rings. The fourth-order valence-electron chi connectivity index (χ4n) is 1.41. The summed E-state index contributed by atoms with van der Waals surface area (Å²) in [4.78, 5) is 0. The lowest BCUT2D eigenvalue weighted by Crippen LogP contribution is -2.13. The van der Waals surface area contributed by atoms with E-state index in [4.69, 9.17) is 4.52 Å². The standard InChI is InChI=1S/C10H23O2PS/c1-8(2)5-6-10(7-9(3)4)12-13(11)14/h8-10,13H,5-7H2,1-4H3,(H,11,14). The second kappa shape index (κ2) is 7.78. The minimum absolute atomic E-state index is 0.126. The predicted octanol–water partition coefficient (Wildman–Crippen LogP) is 4.17. The quantitative estimate of drug-likeness (QED) is 0.532. The third-order valence-corrected chi connectivity index (χ3v) is 2.92. The molecule has 2 nitrogen and oxygen atoms in total. The van der Waals surface area contributed by atoms with Crippen molar-refractivity contribution in [3.8, 4) is 0 Å². The van der Waals surface area contributed by atoms with Gasteiger partial charge in [0.1, 0.15) is 0 Å². The Morgan fingerprint density at radius 1 is 1.14 bits per heavy atom. The van der Waals surface area contributed by atoms with Gasteiger partial charge in [0.2, 0.25) is 7.23 Å². The van der Waals surface area contributed by atoms with Crippen LogP contribution in [0.25, 0.3) is 0 Å². The van der Waals surface area contributed by atoms with Crippen molar-refractivity contribution in [1.29, 1.82) is 0 Å². The first kappa shape index (κ1) is 14.5. The van der Waals surface area contributed by atoms with Gasteiger partial charge in [-0.15, -0.1) is 0 Å². The Bertz CT molecular complexity index is 172. The third kappa shape index (κ3) is 9.11. The van der Waals surface area contributed by atoms with E-state index in [1.807, 2.05) is 0 Å². The van der Waals surface area contributed by atoms with Gasteiger partial charge in [0.15, 0.2) is 0 Å². The summed E-state index contributed by atoms with van der Waals surface area (Å²) in [5.41, 5.74) is 0. The molecule has 0 heterocycles. The largest absolute Gasteiger partial charge is 0.320 e. The van der Waals surface area contributed by atoms with E-state index in [1.54, 1.807) is 0 Å². The van der Waals surface area contributed by atoms with Gasteiger partial charge < -0.3 is 4.52 Å². The van der Waals surface area contributed by atoms with Crippen molar-refractivity contribution < 1.29 is 9.09 Å². The first-order valence-electron chi connectivity index (χ1n) is 5.31. The molecule has 0 fully saturated rings. The molecule has 0 aromatic rings. The average Bonchev–Trinajstić information content (AvgIpc) is 1.97. The van der Waals surface area contributed by atoms with Gasteiger partial charge in [-0.3, -0.25) is 4.57 Å². The molecule has 0 N–H and O–H groups in total. The fraction of sp³-hybridized carbons (Fsp3) is 1.00. The maximum absolute atomic E-state index is 10.9. The van der Waals surface area contributed by atoms with Crippen LogP contribution in [-0.2, 0) is 9.09 Å². The lowest BCUT2D eigenvalue weighted by Gasteiger charge is -2.19. The van der Waals surface area contributed by atoms with E-state index in [0.717, 1.165) is 19.3 Å². The van der Waals surface area contributed by atoms with Crippen molar-refractivity contribution in [2.24, 2.45) is 11.8 Å². The highest BCUT2D eigenvalue weighted by Gasteiger charge is 2.13. The lowest BCUT2D eigenvalue weighted by molar-refractivity contribution is 0.173. The van der Waals surface area contributed by atoms with Crippen LogP contribution in [0.5, 0.6) is 0 Å². The Balaban J connectivity index is 3.90. The van der Waals surface area contributed by atoms with E-state index in [9.17, 15) is 4.57 Å². The zero-order valence-corrected chi connectivity index (χ0v) is 11.5. The Hall–Kier alpha value is 0.540. The summed E-state index contributed by atoms with van der Waals surface area (Å²) < 4.78 is 16.2. The van der Waals surface area contributed by atoms with Crippen molar-refractivity contribution in [3.63, 3.8) is 0 Å². The summed E-state index contributed by atoms with van der Waals surface area (Å²) >= 11 is 3.83. The molecule has 4 heteroatoms. The second-order valence-corrected chi connectivity index (χ2v) is 6.47. The Morgan fingerprint density at radius 3 is 2.07 bits per heavy atom. The maximum atomic E-state index is 10.9. The monoisotopic (exact) mass is 238 g/mol. The molecule has 0 saturated carbocycles. The van der Waals surface area contributed by atoms with Crippen LogP contribution in [0, 0.1) is 11.8 Å².